The third-order valence-corrected chi connectivity index (χ3v) is 7.77. The molecule has 4 aliphatic rings. The molecule has 1 aromatic rings. The normalized spacial score (nSPS) is 27.9. The number of hydrogen-bond donors (Lipinski definition) is 5. The Kier molecular flexibility index (Phi) is 5.89. The molecule has 6 N–H and O–H groups in total. The first-order valence-electron chi connectivity index (χ1n) is 11.9. The SMILES string of the molecule is CC(=O)CONCc1ccc(O)c2c1C[C@H]1C[C@H]3[C@H](N(C)C)C(O)=C(C(N)=O)C4=CO[C@@]43C(=O)C1=C2O. The average molecular weight is 512 g/mol. The van der Waals surface area contributed by atoms with Crippen molar-refractivity contribution in [3.05, 3.63) is 57.6 Å². The van der Waals surface area contributed by atoms with Gasteiger partial charge < -0.3 is 25.8 Å². The van der Waals surface area contributed by atoms with E-state index in [1.807, 2.05) is 0 Å². The molecule has 1 heterocycles. The van der Waals surface area contributed by atoms with Gasteiger partial charge in [-0.2, -0.15) is 5.48 Å². The molecule has 5 rings (SSSR count). The number of aliphatic hydroxyl groups is 2. The van der Waals surface area contributed by atoms with Crippen molar-refractivity contribution < 1.29 is 39.3 Å². The van der Waals surface area contributed by atoms with Gasteiger partial charge in [0.2, 0.25) is 11.4 Å². The molecule has 1 aromatic carbocycles. The van der Waals surface area contributed by atoms with Crippen LogP contribution in [0.1, 0.15) is 30.0 Å². The smallest absolute Gasteiger partial charge is 0.252 e. The van der Waals surface area contributed by atoms with Crippen LogP contribution in [-0.4, -0.2) is 70.0 Å². The zero-order valence-corrected chi connectivity index (χ0v) is 20.7. The maximum Gasteiger partial charge on any atom is 0.252 e. The molecule has 1 aliphatic heterocycles. The minimum atomic E-state index is -1.57. The Morgan fingerprint density at radius 2 is 2.00 bits per heavy atom. The maximum atomic E-state index is 14.1. The molecular weight excluding hydrogens is 482 g/mol. The molecule has 11 nitrogen and oxygen atoms in total. The van der Waals surface area contributed by atoms with E-state index in [9.17, 15) is 29.7 Å². The van der Waals surface area contributed by atoms with Gasteiger partial charge in [0.15, 0.2) is 5.78 Å². The number of Topliss-reactive ketones (excluding diaryl/α,β-unsaturated/α-hetero) is 2. The van der Waals surface area contributed by atoms with E-state index in [2.05, 4.69) is 5.48 Å². The molecule has 1 amide bonds. The highest BCUT2D eigenvalue weighted by molar-refractivity contribution is 6.15. The summed E-state index contributed by atoms with van der Waals surface area (Å²) in [7, 11) is 3.46. The van der Waals surface area contributed by atoms with Crippen molar-refractivity contribution >= 4 is 23.2 Å². The number of hydrogen-bond acceptors (Lipinski definition) is 10. The lowest BCUT2D eigenvalue weighted by Crippen LogP contribution is -2.67. The minimum Gasteiger partial charge on any atom is -0.510 e. The molecular formula is C26H29N3O8. The first-order valence-corrected chi connectivity index (χ1v) is 11.9. The van der Waals surface area contributed by atoms with E-state index in [0.29, 0.717) is 18.4 Å². The number of nitrogens with one attached hydrogen (secondary N) is 1. The summed E-state index contributed by atoms with van der Waals surface area (Å²) in [6.07, 6.45) is 1.94. The van der Waals surface area contributed by atoms with Crippen molar-refractivity contribution in [1.29, 1.82) is 0 Å². The third-order valence-electron chi connectivity index (χ3n) is 7.77. The maximum absolute atomic E-state index is 14.1. The number of carbonyl (C=O) groups excluding carboxylic acids is 3. The van der Waals surface area contributed by atoms with Crippen LogP contribution in [0.25, 0.3) is 5.76 Å². The first kappa shape index (κ1) is 25.0. The number of benzene rings is 1. The van der Waals surface area contributed by atoms with E-state index in [4.69, 9.17) is 15.3 Å². The number of likely N-dealkylation sites (N-methyl/N-ethyl adjacent to an activating group) is 1. The molecule has 1 spiro atoms. The van der Waals surface area contributed by atoms with Gasteiger partial charge in [-0.1, -0.05) is 6.07 Å². The Hall–Kier alpha value is -3.67. The molecule has 4 atom stereocenters. The van der Waals surface area contributed by atoms with Crippen molar-refractivity contribution in [2.24, 2.45) is 17.6 Å². The molecule has 1 saturated carbocycles. The molecule has 1 fully saturated rings. The molecule has 0 unspecified atom stereocenters. The van der Waals surface area contributed by atoms with Gasteiger partial charge >= 0.3 is 0 Å². The van der Waals surface area contributed by atoms with Crippen molar-refractivity contribution in [2.45, 2.75) is 38.0 Å². The van der Waals surface area contributed by atoms with Gasteiger partial charge in [-0.15, -0.1) is 0 Å². The summed E-state index contributed by atoms with van der Waals surface area (Å²) in [5.41, 5.74) is 8.44. The van der Waals surface area contributed by atoms with Crippen LogP contribution in [0.5, 0.6) is 5.75 Å². The van der Waals surface area contributed by atoms with Crippen molar-refractivity contribution in [2.75, 3.05) is 20.7 Å². The lowest BCUT2D eigenvalue weighted by Gasteiger charge is -2.56. The summed E-state index contributed by atoms with van der Waals surface area (Å²) in [4.78, 5) is 44.4. The number of primary amides is 1. The van der Waals surface area contributed by atoms with Crippen LogP contribution < -0.4 is 11.2 Å². The second-order valence-electron chi connectivity index (χ2n) is 10.2. The van der Waals surface area contributed by atoms with Crippen molar-refractivity contribution in [1.82, 2.24) is 10.4 Å². The van der Waals surface area contributed by atoms with E-state index < -0.39 is 35.2 Å². The van der Waals surface area contributed by atoms with Gasteiger partial charge in [-0.05, 0) is 57.0 Å². The van der Waals surface area contributed by atoms with Gasteiger partial charge in [0.25, 0.3) is 5.91 Å². The molecule has 0 radical (unpaired) electrons. The van der Waals surface area contributed by atoms with E-state index in [0.717, 1.165) is 5.56 Å². The summed E-state index contributed by atoms with van der Waals surface area (Å²) in [6, 6.07) is 2.39. The average Bonchev–Trinajstić information content (AvgIpc) is 2.79. The standard InChI is InChI=1S/C26H29N3O8/c1-11(30)9-37-28-8-12-4-5-17(31)19-14(12)6-13-7-15-21(29(2)3)23(33)20(25(27)35)16-10-36-26(15,16)24(34)18(13)22(19)32/h4-5,10,13,15,21,28,31-33H,6-9H2,1-3H3,(H2,27,35)/t13-,15-,21-,26+/m0/s1. The Morgan fingerprint density at radius 3 is 2.59 bits per heavy atom. The van der Waals surface area contributed by atoms with E-state index in [1.165, 1.54) is 19.3 Å². The number of carbonyl (C=O) groups is 3. The molecule has 11 heteroatoms. The van der Waals surface area contributed by atoms with Crippen molar-refractivity contribution in [3.8, 4) is 5.75 Å². The Balaban J connectivity index is 1.59. The number of aliphatic hydroxyl groups excluding tert-OH is 2. The van der Waals surface area contributed by atoms with E-state index in [-0.39, 0.29) is 58.5 Å². The number of amides is 1. The van der Waals surface area contributed by atoms with Crippen LogP contribution in [0.15, 0.2) is 40.9 Å². The largest absolute Gasteiger partial charge is 0.510 e. The summed E-state index contributed by atoms with van der Waals surface area (Å²) in [5, 5.41) is 33.1. The van der Waals surface area contributed by atoms with Gasteiger partial charge in [0, 0.05) is 18.0 Å². The number of fused-ring (bicyclic) bond motifs is 2. The predicted octanol–water partition coefficient (Wildman–Crippen LogP) is 0.927. The summed E-state index contributed by atoms with van der Waals surface area (Å²) in [6.45, 7) is 1.50. The molecule has 196 valence electrons. The zero-order chi connectivity index (χ0) is 26.8. The fraction of sp³-hybridized carbons (Fsp3) is 0.423. The van der Waals surface area contributed by atoms with Crippen LogP contribution in [0.4, 0.5) is 0 Å². The van der Waals surface area contributed by atoms with Gasteiger partial charge in [-0.3, -0.25) is 24.1 Å². The highest BCUT2D eigenvalue weighted by atomic mass is 16.6. The van der Waals surface area contributed by atoms with Gasteiger partial charge in [-0.25, -0.2) is 0 Å². The molecule has 3 aliphatic carbocycles. The number of nitrogens with zero attached hydrogens (tertiary/aromatic N) is 1. The lowest BCUT2D eigenvalue weighted by molar-refractivity contribution is -0.153. The van der Waals surface area contributed by atoms with Crippen LogP contribution in [-0.2, 0) is 36.9 Å². The predicted molar refractivity (Wildman–Crippen MR) is 130 cm³/mol. The summed E-state index contributed by atoms with van der Waals surface area (Å²) in [5.74, 6) is -3.27. The molecule has 0 bridgehead atoms. The third kappa shape index (κ3) is 3.49. The van der Waals surface area contributed by atoms with Crippen LogP contribution in [0, 0.1) is 11.8 Å². The van der Waals surface area contributed by atoms with E-state index >= 15 is 0 Å². The second-order valence-corrected chi connectivity index (χ2v) is 10.2. The second kappa shape index (κ2) is 8.72. The van der Waals surface area contributed by atoms with Crippen molar-refractivity contribution in [3.63, 3.8) is 0 Å². The monoisotopic (exact) mass is 511 g/mol. The zero-order valence-electron chi connectivity index (χ0n) is 20.7. The molecule has 0 aromatic heterocycles. The number of ether oxygens (including phenoxy) is 1. The van der Waals surface area contributed by atoms with Crippen LogP contribution in [0.2, 0.25) is 0 Å². The number of hydroxylamine groups is 1. The van der Waals surface area contributed by atoms with Gasteiger partial charge in [0.05, 0.1) is 29.0 Å². The number of rotatable bonds is 7. The highest BCUT2D eigenvalue weighted by Crippen LogP contribution is 2.59. The van der Waals surface area contributed by atoms with E-state index in [1.54, 1.807) is 25.1 Å². The number of ketones is 2. The Bertz CT molecular complexity index is 1330. The quantitative estimate of drug-likeness (QED) is 0.262. The van der Waals surface area contributed by atoms with Gasteiger partial charge in [0.1, 0.15) is 23.9 Å². The number of phenols is 1. The number of phenolic OH excluding ortho intramolecular Hbond substituents is 1. The summed E-state index contributed by atoms with van der Waals surface area (Å²) >= 11 is 0. The Labute approximate surface area is 212 Å². The summed E-state index contributed by atoms with van der Waals surface area (Å²) < 4.78 is 5.82. The molecule has 0 saturated heterocycles. The Morgan fingerprint density at radius 1 is 1.27 bits per heavy atom. The fourth-order valence-electron chi connectivity index (χ4n) is 6.28. The fourth-order valence-corrected chi connectivity index (χ4v) is 6.28. The number of nitrogens with two attached hydrogens (primary N) is 1. The lowest BCUT2D eigenvalue weighted by atomic mass is 9.54. The first-order chi connectivity index (χ1) is 17.5. The number of aromatic hydroxyl groups is 1. The minimum absolute atomic E-state index is 0.109. The highest BCUT2D eigenvalue weighted by Gasteiger charge is 2.68. The molecule has 37 heavy (non-hydrogen) atoms. The van der Waals surface area contributed by atoms with Crippen LogP contribution >= 0.6 is 0 Å². The topological polar surface area (TPSA) is 172 Å². The van der Waals surface area contributed by atoms with Crippen LogP contribution in [0.3, 0.4) is 0 Å².